The molecule has 0 saturated carbocycles. The fourth-order valence-electron chi connectivity index (χ4n) is 3.56. The van der Waals surface area contributed by atoms with Crippen LogP contribution in [0.15, 0.2) is 24.3 Å². The minimum absolute atomic E-state index is 0. The molecule has 5 heteroatoms. The molecule has 4 nitrogen and oxygen atoms in total. The van der Waals surface area contributed by atoms with Gasteiger partial charge in [-0.1, -0.05) is 18.2 Å². The van der Waals surface area contributed by atoms with E-state index in [0.717, 1.165) is 12.3 Å². The summed E-state index contributed by atoms with van der Waals surface area (Å²) in [6.45, 7) is 7.03. The molecular formula is C17H27ClN2O2. The van der Waals surface area contributed by atoms with Crippen molar-refractivity contribution in [3.63, 3.8) is 0 Å². The summed E-state index contributed by atoms with van der Waals surface area (Å²) in [7, 11) is 1.70. The van der Waals surface area contributed by atoms with Crippen LogP contribution in [0.4, 0.5) is 0 Å². The Morgan fingerprint density at radius 1 is 1.23 bits per heavy atom. The van der Waals surface area contributed by atoms with Crippen LogP contribution in [0, 0.1) is 5.41 Å². The Kier molecular flexibility index (Phi) is 6.50. The van der Waals surface area contributed by atoms with Crippen LogP contribution < -0.4 is 10.1 Å². The Bertz CT molecular complexity index is 464. The molecule has 0 aliphatic carbocycles. The third-order valence-corrected chi connectivity index (χ3v) is 4.76. The van der Waals surface area contributed by atoms with Crippen molar-refractivity contribution < 1.29 is 9.47 Å². The first-order valence-electron chi connectivity index (χ1n) is 7.94. The lowest BCUT2D eigenvalue weighted by Gasteiger charge is -2.23. The van der Waals surface area contributed by atoms with E-state index >= 15 is 0 Å². The van der Waals surface area contributed by atoms with Crippen LogP contribution in [0.25, 0.3) is 0 Å². The lowest BCUT2D eigenvalue weighted by atomic mass is 9.86. The van der Waals surface area contributed by atoms with Crippen molar-refractivity contribution in [2.75, 3.05) is 46.5 Å². The number of nitrogens with one attached hydrogen (secondary N) is 1. The second-order valence-corrected chi connectivity index (χ2v) is 6.34. The van der Waals surface area contributed by atoms with Crippen molar-refractivity contribution in [1.29, 1.82) is 0 Å². The number of methoxy groups -OCH3 is 1. The molecule has 1 aromatic carbocycles. The number of benzene rings is 1. The normalized spacial score (nSPS) is 24.6. The molecule has 0 bridgehead atoms. The Balaban J connectivity index is 0.00000176. The zero-order chi connectivity index (χ0) is 14.5. The van der Waals surface area contributed by atoms with Gasteiger partial charge in [-0.2, -0.15) is 0 Å². The van der Waals surface area contributed by atoms with Crippen LogP contribution in [0.2, 0.25) is 0 Å². The summed E-state index contributed by atoms with van der Waals surface area (Å²) < 4.78 is 10.9. The van der Waals surface area contributed by atoms with Gasteiger partial charge in [0.05, 0.1) is 6.61 Å². The van der Waals surface area contributed by atoms with Crippen molar-refractivity contribution in [2.24, 2.45) is 5.41 Å². The first kappa shape index (κ1) is 17.5. The fourth-order valence-corrected chi connectivity index (χ4v) is 3.56. The van der Waals surface area contributed by atoms with Gasteiger partial charge in [0.25, 0.3) is 0 Å². The molecule has 2 aliphatic rings. The summed E-state index contributed by atoms with van der Waals surface area (Å²) in [6, 6.07) is 8.38. The number of hydrogen-bond acceptors (Lipinski definition) is 4. The number of nitrogens with zero attached hydrogens (tertiary/aromatic N) is 1. The molecule has 0 aromatic heterocycles. The minimum atomic E-state index is 0. The van der Waals surface area contributed by atoms with Crippen LogP contribution in [-0.2, 0) is 11.3 Å². The van der Waals surface area contributed by atoms with Crippen LogP contribution in [0.3, 0.4) is 0 Å². The van der Waals surface area contributed by atoms with Gasteiger partial charge >= 0.3 is 0 Å². The number of likely N-dealkylation sites (tertiary alicyclic amines) is 1. The fraction of sp³-hybridized carbons (Fsp3) is 0.647. The number of halogens is 1. The molecule has 2 aliphatic heterocycles. The number of rotatable bonds is 6. The van der Waals surface area contributed by atoms with Crippen molar-refractivity contribution >= 4 is 12.4 Å². The molecule has 124 valence electrons. The summed E-state index contributed by atoms with van der Waals surface area (Å²) in [5, 5.41) is 3.52. The average Bonchev–Trinajstić information content (AvgIpc) is 3.12. The van der Waals surface area contributed by atoms with Gasteiger partial charge in [0.2, 0.25) is 0 Å². The Hall–Kier alpha value is -0.810. The van der Waals surface area contributed by atoms with E-state index in [1.807, 2.05) is 6.07 Å². The largest absolute Gasteiger partial charge is 0.491 e. The second-order valence-electron chi connectivity index (χ2n) is 6.34. The zero-order valence-electron chi connectivity index (χ0n) is 13.3. The monoisotopic (exact) mass is 326 g/mol. The van der Waals surface area contributed by atoms with Crippen LogP contribution in [-0.4, -0.2) is 51.4 Å². The topological polar surface area (TPSA) is 33.7 Å². The van der Waals surface area contributed by atoms with E-state index in [2.05, 4.69) is 28.4 Å². The van der Waals surface area contributed by atoms with E-state index < -0.39 is 0 Å². The van der Waals surface area contributed by atoms with Gasteiger partial charge in [0, 0.05) is 32.3 Å². The highest BCUT2D eigenvalue weighted by atomic mass is 35.5. The van der Waals surface area contributed by atoms with E-state index in [9.17, 15) is 0 Å². The molecule has 1 N–H and O–H groups in total. The van der Waals surface area contributed by atoms with Gasteiger partial charge in [-0.3, -0.25) is 4.90 Å². The maximum Gasteiger partial charge on any atom is 0.123 e. The first-order valence-corrected chi connectivity index (χ1v) is 7.94. The van der Waals surface area contributed by atoms with E-state index in [-0.39, 0.29) is 12.4 Å². The maximum atomic E-state index is 5.84. The molecule has 0 amide bonds. The highest BCUT2D eigenvalue weighted by molar-refractivity contribution is 5.85. The lowest BCUT2D eigenvalue weighted by molar-refractivity contribution is 0.145. The molecule has 3 rings (SSSR count). The Morgan fingerprint density at radius 3 is 2.86 bits per heavy atom. The lowest BCUT2D eigenvalue weighted by Crippen LogP contribution is -2.29. The summed E-state index contributed by atoms with van der Waals surface area (Å²) in [5.74, 6) is 1.00. The quantitative estimate of drug-likeness (QED) is 0.813. The predicted molar refractivity (Wildman–Crippen MR) is 90.9 cm³/mol. The van der Waals surface area contributed by atoms with Crippen molar-refractivity contribution in [2.45, 2.75) is 19.4 Å². The van der Waals surface area contributed by atoms with Gasteiger partial charge in [-0.15, -0.1) is 12.4 Å². The average molecular weight is 327 g/mol. The number of para-hydroxylation sites is 1. The summed E-state index contributed by atoms with van der Waals surface area (Å²) in [5.41, 5.74) is 1.82. The molecule has 2 saturated heterocycles. The molecule has 1 aromatic rings. The number of hydrogen-bond donors (Lipinski definition) is 1. The molecule has 1 atom stereocenters. The SMILES string of the molecule is COCCOc1ccccc1CN1CCC2(CCNC2)C1.Cl. The third kappa shape index (κ3) is 4.13. The standard InChI is InChI=1S/C17H26N2O2.ClH/c1-20-10-11-21-16-5-3-2-4-15(16)12-19-9-7-17(14-19)6-8-18-13-17;/h2-5,18H,6-14H2,1H3;1H. The first-order chi connectivity index (χ1) is 10.3. The van der Waals surface area contributed by atoms with Crippen molar-refractivity contribution in [1.82, 2.24) is 10.2 Å². The summed E-state index contributed by atoms with van der Waals surface area (Å²) in [6.07, 6.45) is 2.65. The zero-order valence-corrected chi connectivity index (χ0v) is 14.2. The van der Waals surface area contributed by atoms with Crippen LogP contribution in [0.5, 0.6) is 5.75 Å². The molecule has 2 heterocycles. The van der Waals surface area contributed by atoms with E-state index in [0.29, 0.717) is 18.6 Å². The van der Waals surface area contributed by atoms with Gasteiger partial charge < -0.3 is 14.8 Å². The maximum absolute atomic E-state index is 5.84. The highest BCUT2D eigenvalue weighted by Gasteiger charge is 2.40. The molecular weight excluding hydrogens is 300 g/mol. The number of ether oxygens (including phenoxy) is 2. The smallest absolute Gasteiger partial charge is 0.123 e. The Labute approximate surface area is 139 Å². The third-order valence-electron chi connectivity index (χ3n) is 4.76. The molecule has 2 fully saturated rings. The molecule has 1 spiro atoms. The second kappa shape index (κ2) is 8.16. The van der Waals surface area contributed by atoms with Crippen LogP contribution >= 0.6 is 12.4 Å². The van der Waals surface area contributed by atoms with E-state index in [4.69, 9.17) is 9.47 Å². The van der Waals surface area contributed by atoms with Crippen molar-refractivity contribution in [3.05, 3.63) is 29.8 Å². The van der Waals surface area contributed by atoms with Crippen LogP contribution in [0.1, 0.15) is 18.4 Å². The summed E-state index contributed by atoms with van der Waals surface area (Å²) in [4.78, 5) is 2.57. The van der Waals surface area contributed by atoms with Gasteiger partial charge in [0.15, 0.2) is 0 Å². The summed E-state index contributed by atoms with van der Waals surface area (Å²) >= 11 is 0. The predicted octanol–water partition coefficient (Wildman–Crippen LogP) is 2.32. The van der Waals surface area contributed by atoms with E-state index in [1.165, 1.54) is 44.6 Å². The minimum Gasteiger partial charge on any atom is -0.491 e. The van der Waals surface area contributed by atoms with Gasteiger partial charge in [-0.25, -0.2) is 0 Å². The highest BCUT2D eigenvalue weighted by Crippen LogP contribution is 2.37. The molecule has 1 unspecified atom stereocenters. The van der Waals surface area contributed by atoms with Gasteiger partial charge in [-0.05, 0) is 37.4 Å². The molecule has 0 radical (unpaired) electrons. The molecule has 22 heavy (non-hydrogen) atoms. The van der Waals surface area contributed by atoms with E-state index in [1.54, 1.807) is 7.11 Å². The Morgan fingerprint density at radius 2 is 2.09 bits per heavy atom. The van der Waals surface area contributed by atoms with Gasteiger partial charge in [0.1, 0.15) is 12.4 Å². The van der Waals surface area contributed by atoms with Crippen molar-refractivity contribution in [3.8, 4) is 5.75 Å².